The summed E-state index contributed by atoms with van der Waals surface area (Å²) in [5, 5.41) is 26.9. The number of amides is 3. The molecule has 2 aliphatic rings. The van der Waals surface area contributed by atoms with Gasteiger partial charge in [0.1, 0.15) is 5.75 Å². The minimum Gasteiger partial charge on any atom is -0.508 e. The second-order valence-electron chi connectivity index (χ2n) is 9.34. The van der Waals surface area contributed by atoms with E-state index < -0.39 is 47.5 Å². The number of carbonyl (C=O) groups excluding carboxylic acids is 2. The number of benzene rings is 1. The molecule has 0 radical (unpaired) electrons. The maximum absolute atomic E-state index is 12.9. The van der Waals surface area contributed by atoms with Crippen molar-refractivity contribution < 1.29 is 33.0 Å². The Labute approximate surface area is 191 Å². The fraction of sp³-hybridized carbons (Fsp3) is 0.652. The Hall–Kier alpha value is -2.33. The highest BCUT2D eigenvalue weighted by molar-refractivity contribution is 5.95. The van der Waals surface area contributed by atoms with Crippen LogP contribution in [0.4, 0.5) is 18.0 Å². The van der Waals surface area contributed by atoms with Crippen molar-refractivity contribution in [2.75, 3.05) is 20.1 Å². The van der Waals surface area contributed by atoms with Gasteiger partial charge in [-0.1, -0.05) is 6.07 Å². The first kappa shape index (κ1) is 25.3. The van der Waals surface area contributed by atoms with Gasteiger partial charge in [0.05, 0.1) is 12.0 Å². The number of imide groups is 1. The molecule has 1 saturated heterocycles. The summed E-state index contributed by atoms with van der Waals surface area (Å²) in [4.78, 5) is 26.1. The van der Waals surface area contributed by atoms with Gasteiger partial charge in [0.15, 0.2) is 0 Å². The van der Waals surface area contributed by atoms with Gasteiger partial charge < -0.3 is 15.5 Å². The summed E-state index contributed by atoms with van der Waals surface area (Å²) in [6, 6.07) is 3.62. The van der Waals surface area contributed by atoms with Gasteiger partial charge in [-0.2, -0.15) is 13.2 Å². The molecule has 1 aromatic rings. The number of halogens is 3. The van der Waals surface area contributed by atoms with Crippen LogP contribution in [-0.4, -0.2) is 65.0 Å². The van der Waals surface area contributed by atoms with E-state index in [0.717, 1.165) is 5.56 Å². The molecule has 184 valence electrons. The minimum absolute atomic E-state index is 0.0106. The third kappa shape index (κ3) is 4.82. The van der Waals surface area contributed by atoms with Crippen LogP contribution in [-0.2, 0) is 10.2 Å². The molecule has 3 amide bonds. The van der Waals surface area contributed by atoms with E-state index >= 15 is 0 Å². The molecule has 10 heteroatoms. The molecule has 1 aliphatic carbocycles. The van der Waals surface area contributed by atoms with Crippen molar-refractivity contribution in [3.05, 3.63) is 29.3 Å². The zero-order valence-corrected chi connectivity index (χ0v) is 19.1. The van der Waals surface area contributed by atoms with Gasteiger partial charge in [0.25, 0.3) is 0 Å². The quantitative estimate of drug-likeness (QED) is 0.541. The van der Waals surface area contributed by atoms with Crippen molar-refractivity contribution in [1.29, 1.82) is 0 Å². The summed E-state index contributed by atoms with van der Waals surface area (Å²) >= 11 is 0. The zero-order chi connectivity index (χ0) is 24.6. The normalized spacial score (nSPS) is 30.4. The number of phenolic OH excluding ortho intramolecular Hbond substituents is 1. The Morgan fingerprint density at radius 1 is 1.27 bits per heavy atom. The number of carbonyl (C=O) groups is 2. The van der Waals surface area contributed by atoms with E-state index in [9.17, 15) is 33.0 Å². The minimum atomic E-state index is -4.30. The highest BCUT2D eigenvalue weighted by atomic mass is 19.4. The number of hydrogen-bond acceptors (Lipinski definition) is 5. The van der Waals surface area contributed by atoms with Crippen LogP contribution >= 0.6 is 0 Å². The molecule has 1 saturated carbocycles. The van der Waals surface area contributed by atoms with Crippen LogP contribution in [0.1, 0.15) is 50.2 Å². The number of phenols is 1. The lowest BCUT2D eigenvalue weighted by atomic mass is 9.51. The molecule has 3 rings (SSSR count). The van der Waals surface area contributed by atoms with Crippen LogP contribution in [0.5, 0.6) is 5.75 Å². The largest absolute Gasteiger partial charge is 0.508 e. The zero-order valence-electron chi connectivity index (χ0n) is 19.1. The average molecular weight is 472 g/mol. The Morgan fingerprint density at radius 2 is 1.97 bits per heavy atom. The molecule has 0 spiro atoms. The van der Waals surface area contributed by atoms with Crippen molar-refractivity contribution in [2.45, 2.75) is 69.2 Å². The first-order chi connectivity index (χ1) is 15.3. The Bertz CT molecular complexity index is 909. The average Bonchev–Trinajstić information content (AvgIpc) is 2.74. The number of fused-ring (bicyclic) bond motifs is 1. The highest BCUT2D eigenvalue weighted by Crippen LogP contribution is 2.56. The maximum atomic E-state index is 12.9. The van der Waals surface area contributed by atoms with Crippen LogP contribution < -0.4 is 10.6 Å². The Balaban J connectivity index is 2.00. The molecule has 0 bridgehead atoms. The van der Waals surface area contributed by atoms with E-state index in [-0.39, 0.29) is 31.6 Å². The van der Waals surface area contributed by atoms with Crippen molar-refractivity contribution in [3.63, 3.8) is 0 Å². The van der Waals surface area contributed by atoms with Gasteiger partial charge in [0.2, 0.25) is 5.91 Å². The number of aromatic hydroxyl groups is 1. The van der Waals surface area contributed by atoms with Gasteiger partial charge in [-0.3, -0.25) is 15.0 Å². The van der Waals surface area contributed by atoms with Gasteiger partial charge >= 0.3 is 12.2 Å². The molecule has 2 fully saturated rings. The first-order valence-electron chi connectivity index (χ1n) is 11.2. The summed E-state index contributed by atoms with van der Waals surface area (Å²) in [7, 11) is 1.40. The van der Waals surface area contributed by atoms with E-state index in [1.807, 2.05) is 6.92 Å². The number of aliphatic hydroxyl groups is 1. The van der Waals surface area contributed by atoms with Gasteiger partial charge in [-0.15, -0.1) is 0 Å². The maximum Gasteiger partial charge on any atom is 0.390 e. The molecule has 0 aromatic heterocycles. The molecule has 7 nitrogen and oxygen atoms in total. The molecule has 4 unspecified atom stereocenters. The van der Waals surface area contributed by atoms with Crippen LogP contribution in [0, 0.1) is 12.8 Å². The third-order valence-corrected chi connectivity index (χ3v) is 7.62. The van der Waals surface area contributed by atoms with Crippen molar-refractivity contribution in [3.8, 4) is 5.75 Å². The van der Waals surface area contributed by atoms with Crippen molar-refractivity contribution in [1.82, 2.24) is 15.5 Å². The lowest BCUT2D eigenvalue weighted by molar-refractivity contribution is -0.178. The SMILES string of the molecule is CNC(=O)NC(=O)C1CCC2(O)C(C)N(CCC(F)(F)F)CCC2(c2cc(O)ccc2C)C1. The molecule has 1 aromatic carbocycles. The number of piperidine rings is 1. The predicted molar refractivity (Wildman–Crippen MR) is 116 cm³/mol. The van der Waals surface area contributed by atoms with Crippen LogP contribution in [0.25, 0.3) is 0 Å². The number of rotatable bonds is 4. The Kier molecular flexibility index (Phi) is 7.00. The van der Waals surface area contributed by atoms with E-state index in [4.69, 9.17) is 0 Å². The lowest BCUT2D eigenvalue weighted by Gasteiger charge is -2.61. The number of urea groups is 1. The molecule has 33 heavy (non-hydrogen) atoms. The molecular formula is C23H32F3N3O4. The Morgan fingerprint density at radius 3 is 2.61 bits per heavy atom. The van der Waals surface area contributed by atoms with Crippen molar-refractivity contribution in [2.24, 2.45) is 5.92 Å². The van der Waals surface area contributed by atoms with Crippen molar-refractivity contribution >= 4 is 11.9 Å². The summed E-state index contributed by atoms with van der Waals surface area (Å²) in [6.45, 7) is 3.66. The molecular weight excluding hydrogens is 439 g/mol. The summed E-state index contributed by atoms with van der Waals surface area (Å²) in [5.41, 5.74) is -0.883. The monoisotopic (exact) mass is 471 g/mol. The summed E-state index contributed by atoms with van der Waals surface area (Å²) in [5.74, 6) is -1.02. The second kappa shape index (κ2) is 9.13. The lowest BCUT2D eigenvalue weighted by Crippen LogP contribution is -2.70. The number of nitrogens with zero attached hydrogens (tertiary/aromatic N) is 1. The van der Waals surface area contributed by atoms with Crippen LogP contribution in [0.2, 0.25) is 0 Å². The number of aryl methyl sites for hydroxylation is 1. The standard InChI is InChI=1S/C23H32F3N3O4/c1-14-4-5-17(30)12-18(14)21-8-10-29(11-9-23(24,25)26)15(2)22(21,33)7-6-16(13-21)19(31)28-20(32)27-3/h4-5,12,15-16,30,33H,6-11,13H2,1-3H3,(H2,27,28,31,32). The molecule has 4 atom stereocenters. The van der Waals surface area contributed by atoms with E-state index in [1.54, 1.807) is 24.0 Å². The summed E-state index contributed by atoms with van der Waals surface area (Å²) in [6.07, 6.45) is -4.27. The number of nitrogens with one attached hydrogen (secondary N) is 2. The number of hydrogen-bond donors (Lipinski definition) is 4. The highest BCUT2D eigenvalue weighted by Gasteiger charge is 2.62. The van der Waals surface area contributed by atoms with Crippen LogP contribution in [0.3, 0.4) is 0 Å². The fourth-order valence-corrected chi connectivity index (χ4v) is 5.77. The van der Waals surface area contributed by atoms with E-state index in [2.05, 4.69) is 10.6 Å². The topological polar surface area (TPSA) is 102 Å². The molecule has 1 heterocycles. The third-order valence-electron chi connectivity index (χ3n) is 7.62. The summed E-state index contributed by atoms with van der Waals surface area (Å²) < 4.78 is 38.7. The van der Waals surface area contributed by atoms with Gasteiger partial charge in [-0.25, -0.2) is 4.79 Å². The number of likely N-dealkylation sites (tertiary alicyclic amines) is 1. The van der Waals surface area contributed by atoms with E-state index in [0.29, 0.717) is 18.5 Å². The predicted octanol–water partition coefficient (Wildman–Crippen LogP) is 2.97. The van der Waals surface area contributed by atoms with Crippen LogP contribution in [0.15, 0.2) is 18.2 Å². The number of alkyl halides is 3. The molecule has 4 N–H and O–H groups in total. The first-order valence-corrected chi connectivity index (χ1v) is 11.2. The fourth-order valence-electron chi connectivity index (χ4n) is 5.77. The van der Waals surface area contributed by atoms with E-state index in [1.165, 1.54) is 13.1 Å². The smallest absolute Gasteiger partial charge is 0.390 e. The second-order valence-corrected chi connectivity index (χ2v) is 9.34. The van der Waals surface area contributed by atoms with Gasteiger partial charge in [0, 0.05) is 31.0 Å². The van der Waals surface area contributed by atoms with Gasteiger partial charge in [-0.05, 0) is 69.3 Å². The molecule has 1 aliphatic heterocycles.